The van der Waals surface area contributed by atoms with Crippen LogP contribution in [-0.4, -0.2) is 22.1 Å². The van der Waals surface area contributed by atoms with E-state index < -0.39 is 0 Å². The Morgan fingerprint density at radius 2 is 2.06 bits per heavy atom. The fourth-order valence-electron chi connectivity index (χ4n) is 1.73. The summed E-state index contributed by atoms with van der Waals surface area (Å²) in [5, 5.41) is 7.70. The van der Waals surface area contributed by atoms with Crippen molar-refractivity contribution < 1.29 is 0 Å². The molecule has 1 heterocycles. The normalized spacial score (nSPS) is 10.7. The van der Waals surface area contributed by atoms with Crippen molar-refractivity contribution in [3.63, 3.8) is 0 Å². The molecule has 2 aromatic rings. The van der Waals surface area contributed by atoms with Crippen LogP contribution in [0.4, 0.5) is 0 Å². The molecule has 4 heteroatoms. The van der Waals surface area contributed by atoms with Crippen molar-refractivity contribution in [1.82, 2.24) is 15.1 Å². The van der Waals surface area contributed by atoms with Crippen LogP contribution < -0.4 is 5.32 Å². The summed E-state index contributed by atoms with van der Waals surface area (Å²) in [6.07, 6.45) is 1.87. The number of thioether (sulfide) groups is 1. The summed E-state index contributed by atoms with van der Waals surface area (Å²) in [6.45, 7) is 4.95. The fourth-order valence-corrected chi connectivity index (χ4v) is 2.58. The lowest BCUT2D eigenvalue weighted by Crippen LogP contribution is -2.16. The van der Waals surface area contributed by atoms with Gasteiger partial charge in [-0.3, -0.25) is 4.68 Å². The predicted molar refractivity (Wildman–Crippen MR) is 76.8 cm³/mol. The molecular weight excluding hydrogens is 242 g/mol. The van der Waals surface area contributed by atoms with E-state index in [-0.39, 0.29) is 0 Å². The van der Waals surface area contributed by atoms with Crippen molar-refractivity contribution in [3.8, 4) is 0 Å². The highest BCUT2D eigenvalue weighted by Crippen LogP contribution is 2.17. The van der Waals surface area contributed by atoms with Gasteiger partial charge in [-0.15, -0.1) is 11.8 Å². The molecule has 2 rings (SSSR count). The zero-order valence-corrected chi connectivity index (χ0v) is 11.5. The molecule has 18 heavy (non-hydrogen) atoms. The molecule has 1 aromatic heterocycles. The number of hydrogen-bond donors (Lipinski definition) is 1. The smallest absolute Gasteiger partial charge is 0.0522 e. The van der Waals surface area contributed by atoms with Crippen molar-refractivity contribution in [3.05, 3.63) is 48.3 Å². The van der Waals surface area contributed by atoms with Crippen molar-refractivity contribution in [2.24, 2.45) is 0 Å². The van der Waals surface area contributed by atoms with Gasteiger partial charge in [-0.1, -0.05) is 25.1 Å². The Morgan fingerprint density at radius 1 is 1.22 bits per heavy atom. The lowest BCUT2D eigenvalue weighted by Gasteiger charge is -2.07. The Balaban J connectivity index is 1.81. The zero-order chi connectivity index (χ0) is 12.6. The lowest BCUT2D eigenvalue weighted by atomic mass is 10.4. The number of hydrogen-bond acceptors (Lipinski definition) is 3. The van der Waals surface area contributed by atoms with E-state index in [1.54, 1.807) is 0 Å². The molecule has 0 saturated heterocycles. The molecule has 0 aliphatic rings. The first-order valence-corrected chi connectivity index (χ1v) is 7.28. The second-order valence-electron chi connectivity index (χ2n) is 3.99. The maximum atomic E-state index is 4.36. The first-order chi connectivity index (χ1) is 8.90. The predicted octanol–water partition coefficient (Wildman–Crippen LogP) is 2.78. The third kappa shape index (κ3) is 3.89. The molecule has 0 fully saturated rings. The van der Waals surface area contributed by atoms with E-state index in [1.165, 1.54) is 10.6 Å². The summed E-state index contributed by atoms with van der Waals surface area (Å²) in [5.41, 5.74) is 1.26. The van der Waals surface area contributed by atoms with Crippen molar-refractivity contribution >= 4 is 11.8 Å². The second kappa shape index (κ2) is 7.24. The molecule has 0 aliphatic carbocycles. The Kier molecular flexibility index (Phi) is 5.30. The van der Waals surface area contributed by atoms with Gasteiger partial charge in [0.25, 0.3) is 0 Å². The van der Waals surface area contributed by atoms with E-state index >= 15 is 0 Å². The zero-order valence-electron chi connectivity index (χ0n) is 10.7. The summed E-state index contributed by atoms with van der Waals surface area (Å²) in [6, 6.07) is 12.6. The third-order valence-corrected chi connectivity index (χ3v) is 3.67. The average molecular weight is 261 g/mol. The van der Waals surface area contributed by atoms with Gasteiger partial charge in [0.05, 0.1) is 12.2 Å². The third-order valence-electron chi connectivity index (χ3n) is 2.68. The van der Waals surface area contributed by atoms with Crippen molar-refractivity contribution in [2.45, 2.75) is 24.9 Å². The molecule has 1 N–H and O–H groups in total. The van der Waals surface area contributed by atoms with E-state index in [9.17, 15) is 0 Å². The number of rotatable bonds is 7. The number of aromatic nitrogens is 2. The topological polar surface area (TPSA) is 29.9 Å². The van der Waals surface area contributed by atoms with Gasteiger partial charge in [-0.05, 0) is 24.7 Å². The summed E-state index contributed by atoms with van der Waals surface area (Å²) in [7, 11) is 0. The van der Waals surface area contributed by atoms with E-state index in [1.807, 2.05) is 24.0 Å². The minimum Gasteiger partial charge on any atom is -0.311 e. The Morgan fingerprint density at radius 3 is 2.83 bits per heavy atom. The number of nitrogens with one attached hydrogen (secondary N) is 1. The fraction of sp³-hybridized carbons (Fsp3) is 0.357. The highest BCUT2D eigenvalue weighted by Gasteiger charge is 2.01. The Hall–Kier alpha value is -1.26. The van der Waals surface area contributed by atoms with E-state index in [2.05, 4.69) is 52.4 Å². The van der Waals surface area contributed by atoms with E-state index in [4.69, 9.17) is 0 Å². The molecular formula is C14H19N3S. The van der Waals surface area contributed by atoms with Crippen molar-refractivity contribution in [2.75, 3.05) is 12.3 Å². The van der Waals surface area contributed by atoms with Crippen LogP contribution in [0.3, 0.4) is 0 Å². The number of nitrogens with zero attached hydrogens (tertiary/aromatic N) is 2. The highest BCUT2D eigenvalue weighted by molar-refractivity contribution is 7.99. The maximum absolute atomic E-state index is 4.36. The van der Waals surface area contributed by atoms with E-state index in [0.29, 0.717) is 0 Å². The summed E-state index contributed by atoms with van der Waals surface area (Å²) < 4.78 is 2.08. The van der Waals surface area contributed by atoms with Crippen LogP contribution in [0.1, 0.15) is 12.6 Å². The number of aryl methyl sites for hydroxylation is 1. The summed E-state index contributed by atoms with van der Waals surface area (Å²) in [5.74, 6) is 1.05. The van der Waals surface area contributed by atoms with Crippen LogP contribution >= 0.6 is 11.8 Å². The monoisotopic (exact) mass is 261 g/mol. The molecule has 1 aromatic carbocycles. The molecule has 0 bridgehead atoms. The molecule has 3 nitrogen and oxygen atoms in total. The summed E-state index contributed by atoms with van der Waals surface area (Å²) >= 11 is 1.87. The Labute approximate surface area is 113 Å². The van der Waals surface area contributed by atoms with Crippen LogP contribution in [0, 0.1) is 0 Å². The molecule has 0 saturated carbocycles. The van der Waals surface area contributed by atoms with Crippen molar-refractivity contribution in [1.29, 1.82) is 0 Å². The molecule has 0 radical (unpaired) electrons. The average Bonchev–Trinajstić information content (AvgIpc) is 2.85. The van der Waals surface area contributed by atoms with Gasteiger partial charge in [0.1, 0.15) is 0 Å². The van der Waals surface area contributed by atoms with E-state index in [0.717, 1.165) is 25.4 Å². The highest BCUT2D eigenvalue weighted by atomic mass is 32.2. The van der Waals surface area contributed by atoms with Crippen LogP contribution in [0.25, 0.3) is 0 Å². The second-order valence-corrected chi connectivity index (χ2v) is 5.16. The SMILES string of the molecule is CCNCc1ccnn1CCSc1ccccc1. The quantitative estimate of drug-likeness (QED) is 0.777. The van der Waals surface area contributed by atoms with Gasteiger partial charge in [0.2, 0.25) is 0 Å². The van der Waals surface area contributed by atoms with Gasteiger partial charge in [0, 0.05) is 23.4 Å². The van der Waals surface area contributed by atoms with Gasteiger partial charge in [0.15, 0.2) is 0 Å². The van der Waals surface area contributed by atoms with Gasteiger partial charge in [-0.25, -0.2) is 0 Å². The lowest BCUT2D eigenvalue weighted by molar-refractivity contribution is 0.594. The maximum Gasteiger partial charge on any atom is 0.0522 e. The minimum absolute atomic E-state index is 0.895. The molecule has 96 valence electrons. The molecule has 0 amide bonds. The van der Waals surface area contributed by atoms with Crippen LogP contribution in [-0.2, 0) is 13.1 Å². The largest absolute Gasteiger partial charge is 0.311 e. The van der Waals surface area contributed by atoms with Gasteiger partial charge in [-0.2, -0.15) is 5.10 Å². The van der Waals surface area contributed by atoms with Crippen LogP contribution in [0.15, 0.2) is 47.5 Å². The minimum atomic E-state index is 0.895. The first kappa shape index (κ1) is 13.2. The van der Waals surface area contributed by atoms with Crippen LogP contribution in [0.2, 0.25) is 0 Å². The van der Waals surface area contributed by atoms with Gasteiger partial charge >= 0.3 is 0 Å². The standard InChI is InChI=1S/C14H19N3S/c1-2-15-12-13-8-9-16-17(13)10-11-18-14-6-4-3-5-7-14/h3-9,15H,2,10-12H2,1H3. The first-order valence-electron chi connectivity index (χ1n) is 6.29. The molecule has 0 aliphatic heterocycles. The van der Waals surface area contributed by atoms with Crippen LogP contribution in [0.5, 0.6) is 0 Å². The molecule has 0 spiro atoms. The summed E-state index contributed by atoms with van der Waals surface area (Å²) in [4.78, 5) is 1.32. The molecule has 0 unspecified atom stereocenters. The van der Waals surface area contributed by atoms with Gasteiger partial charge < -0.3 is 5.32 Å². The Bertz CT molecular complexity index is 453. The molecule has 0 atom stereocenters. The number of benzene rings is 1.